The molecule has 0 heterocycles. The Kier molecular flexibility index (Phi) is 2.91. The van der Waals surface area contributed by atoms with Crippen LogP contribution in [-0.2, 0) is 6.18 Å². The summed E-state index contributed by atoms with van der Waals surface area (Å²) < 4.78 is 39.3. The molecular formula is C17H20F3N. The van der Waals surface area contributed by atoms with Crippen molar-refractivity contribution in [2.45, 2.75) is 44.4 Å². The first-order valence-corrected chi connectivity index (χ1v) is 7.89. The Labute approximate surface area is 122 Å². The van der Waals surface area contributed by atoms with Gasteiger partial charge in [-0.15, -0.1) is 0 Å². The highest BCUT2D eigenvalue weighted by Gasteiger charge is 2.64. The molecule has 0 amide bonds. The number of halogens is 3. The maximum atomic E-state index is 13.1. The molecule has 114 valence electrons. The maximum absolute atomic E-state index is 13.1. The molecule has 4 rings (SSSR count). The van der Waals surface area contributed by atoms with E-state index in [1.807, 2.05) is 6.92 Å². The average molecular weight is 295 g/mol. The molecule has 1 nitrogen and oxygen atoms in total. The zero-order valence-corrected chi connectivity index (χ0v) is 12.0. The van der Waals surface area contributed by atoms with Gasteiger partial charge in [0.25, 0.3) is 0 Å². The van der Waals surface area contributed by atoms with E-state index in [0.717, 1.165) is 23.7 Å². The van der Waals surface area contributed by atoms with E-state index in [4.69, 9.17) is 0 Å². The summed E-state index contributed by atoms with van der Waals surface area (Å²) in [4.78, 5) is 0. The lowest BCUT2D eigenvalue weighted by Crippen LogP contribution is -2.27. The van der Waals surface area contributed by atoms with Crippen molar-refractivity contribution in [2.75, 3.05) is 0 Å². The molecule has 21 heavy (non-hydrogen) atoms. The minimum atomic E-state index is -4.27. The van der Waals surface area contributed by atoms with Crippen LogP contribution in [0.3, 0.4) is 0 Å². The molecule has 4 heteroatoms. The number of hydrogen-bond donors (Lipinski definition) is 1. The lowest BCUT2D eigenvalue weighted by molar-refractivity contribution is -0.138. The SMILES string of the molecule is CC(NC1C2C3CCC(C3)C12)c1ccccc1C(F)(F)F. The first-order valence-electron chi connectivity index (χ1n) is 7.89. The lowest BCUT2D eigenvalue weighted by Gasteiger charge is -2.21. The number of nitrogens with one attached hydrogen (secondary N) is 1. The highest BCUT2D eigenvalue weighted by atomic mass is 19.4. The van der Waals surface area contributed by atoms with Crippen molar-refractivity contribution in [3.63, 3.8) is 0 Å². The average Bonchev–Trinajstić information content (AvgIpc) is 2.83. The fraction of sp³-hybridized carbons (Fsp3) is 0.647. The number of benzene rings is 1. The van der Waals surface area contributed by atoms with Crippen molar-refractivity contribution in [1.29, 1.82) is 0 Å². The Hall–Kier alpha value is -1.03. The molecule has 5 atom stereocenters. The van der Waals surface area contributed by atoms with Crippen molar-refractivity contribution < 1.29 is 13.2 Å². The highest BCUT2D eigenvalue weighted by molar-refractivity contribution is 5.32. The first-order chi connectivity index (χ1) is 9.97. The maximum Gasteiger partial charge on any atom is 0.416 e. The number of hydrogen-bond acceptors (Lipinski definition) is 1. The fourth-order valence-electron chi connectivity index (χ4n) is 5.06. The van der Waals surface area contributed by atoms with Crippen LogP contribution >= 0.6 is 0 Å². The highest BCUT2D eigenvalue weighted by Crippen LogP contribution is 2.65. The summed E-state index contributed by atoms with van der Waals surface area (Å²) in [7, 11) is 0. The molecule has 1 N–H and O–H groups in total. The first kappa shape index (κ1) is 13.6. The van der Waals surface area contributed by atoms with E-state index in [0.29, 0.717) is 11.6 Å². The molecule has 1 aromatic rings. The Balaban J connectivity index is 1.51. The third-order valence-corrected chi connectivity index (χ3v) is 5.91. The second kappa shape index (κ2) is 4.48. The van der Waals surface area contributed by atoms with Gasteiger partial charge in [-0.2, -0.15) is 13.2 Å². The van der Waals surface area contributed by atoms with Gasteiger partial charge in [-0.25, -0.2) is 0 Å². The molecule has 0 aliphatic heterocycles. The van der Waals surface area contributed by atoms with Crippen LogP contribution in [0.2, 0.25) is 0 Å². The molecule has 2 bridgehead atoms. The van der Waals surface area contributed by atoms with Gasteiger partial charge in [-0.05, 0) is 61.5 Å². The van der Waals surface area contributed by atoms with Crippen LogP contribution in [0, 0.1) is 23.7 Å². The van der Waals surface area contributed by atoms with E-state index < -0.39 is 11.7 Å². The van der Waals surface area contributed by atoms with Crippen molar-refractivity contribution in [1.82, 2.24) is 5.32 Å². The standard InChI is InChI=1S/C17H20F3N/c1-9(12-4-2-3-5-13(12)17(18,19)20)21-16-14-10-6-7-11(8-10)15(14)16/h2-5,9-11,14-16,21H,6-8H2,1H3. The second-order valence-electron chi connectivity index (χ2n) is 6.99. The summed E-state index contributed by atoms with van der Waals surface area (Å²) in [5.41, 5.74) is -0.124. The molecule has 3 fully saturated rings. The Morgan fingerprint density at radius 2 is 1.71 bits per heavy atom. The Bertz CT molecular complexity index is 537. The molecule has 0 radical (unpaired) electrons. The lowest BCUT2D eigenvalue weighted by atomic mass is 10.00. The summed E-state index contributed by atoms with van der Waals surface area (Å²) in [5, 5.41) is 3.49. The molecule has 0 saturated heterocycles. The van der Waals surface area contributed by atoms with Crippen molar-refractivity contribution in [2.24, 2.45) is 23.7 Å². The summed E-state index contributed by atoms with van der Waals surface area (Å²) in [5.74, 6) is 3.15. The molecule has 0 spiro atoms. The molecular weight excluding hydrogens is 275 g/mol. The van der Waals surface area contributed by atoms with Gasteiger partial charge in [0.05, 0.1) is 5.56 Å². The predicted molar refractivity (Wildman–Crippen MR) is 74.6 cm³/mol. The van der Waals surface area contributed by atoms with Crippen LogP contribution in [0.25, 0.3) is 0 Å². The zero-order chi connectivity index (χ0) is 14.8. The summed E-state index contributed by atoms with van der Waals surface area (Å²) in [6.07, 6.45) is -0.249. The van der Waals surface area contributed by atoms with Gasteiger partial charge >= 0.3 is 6.18 Å². The van der Waals surface area contributed by atoms with Crippen LogP contribution in [0.4, 0.5) is 13.2 Å². The predicted octanol–water partition coefficient (Wildman–Crippen LogP) is 4.40. The third-order valence-electron chi connectivity index (χ3n) is 5.91. The number of alkyl halides is 3. The van der Waals surface area contributed by atoms with Crippen LogP contribution in [-0.4, -0.2) is 6.04 Å². The number of fused-ring (bicyclic) bond motifs is 5. The van der Waals surface area contributed by atoms with Gasteiger partial charge in [0, 0.05) is 12.1 Å². The molecule has 3 aliphatic carbocycles. The summed E-state index contributed by atoms with van der Waals surface area (Å²) >= 11 is 0. The van der Waals surface area contributed by atoms with Gasteiger partial charge < -0.3 is 5.32 Å². The molecule has 3 aliphatic rings. The Morgan fingerprint density at radius 1 is 1.10 bits per heavy atom. The van der Waals surface area contributed by atoms with Gasteiger partial charge in [0.15, 0.2) is 0 Å². The molecule has 1 aromatic carbocycles. The van der Waals surface area contributed by atoms with E-state index in [9.17, 15) is 13.2 Å². The summed E-state index contributed by atoms with van der Waals surface area (Å²) in [6.45, 7) is 1.86. The van der Waals surface area contributed by atoms with E-state index in [-0.39, 0.29) is 6.04 Å². The second-order valence-corrected chi connectivity index (χ2v) is 6.99. The summed E-state index contributed by atoms with van der Waals surface area (Å²) in [6, 6.07) is 6.16. The smallest absolute Gasteiger partial charge is 0.307 e. The van der Waals surface area contributed by atoms with Crippen molar-refractivity contribution >= 4 is 0 Å². The van der Waals surface area contributed by atoms with E-state index in [1.54, 1.807) is 12.1 Å². The quantitative estimate of drug-likeness (QED) is 0.871. The third kappa shape index (κ3) is 2.10. The topological polar surface area (TPSA) is 12.0 Å². The largest absolute Gasteiger partial charge is 0.416 e. The van der Waals surface area contributed by atoms with E-state index in [1.165, 1.54) is 31.4 Å². The van der Waals surface area contributed by atoms with E-state index >= 15 is 0 Å². The van der Waals surface area contributed by atoms with Gasteiger partial charge in [-0.1, -0.05) is 18.2 Å². The number of rotatable bonds is 3. The van der Waals surface area contributed by atoms with Crippen LogP contribution in [0.15, 0.2) is 24.3 Å². The van der Waals surface area contributed by atoms with Crippen molar-refractivity contribution in [3.8, 4) is 0 Å². The van der Waals surface area contributed by atoms with Crippen molar-refractivity contribution in [3.05, 3.63) is 35.4 Å². The normalized spacial score (nSPS) is 38.4. The van der Waals surface area contributed by atoms with Gasteiger partial charge in [-0.3, -0.25) is 0 Å². The minimum Gasteiger partial charge on any atom is -0.307 e. The molecule has 3 saturated carbocycles. The van der Waals surface area contributed by atoms with Crippen LogP contribution < -0.4 is 5.32 Å². The minimum absolute atomic E-state index is 0.238. The monoisotopic (exact) mass is 295 g/mol. The molecule has 0 aromatic heterocycles. The fourth-order valence-corrected chi connectivity index (χ4v) is 5.06. The van der Waals surface area contributed by atoms with Crippen LogP contribution in [0.1, 0.15) is 43.4 Å². The van der Waals surface area contributed by atoms with Gasteiger partial charge in [0.2, 0.25) is 0 Å². The Morgan fingerprint density at radius 3 is 2.33 bits per heavy atom. The zero-order valence-electron chi connectivity index (χ0n) is 12.0. The molecule has 5 unspecified atom stereocenters. The van der Waals surface area contributed by atoms with Crippen LogP contribution in [0.5, 0.6) is 0 Å². The van der Waals surface area contributed by atoms with Gasteiger partial charge in [0.1, 0.15) is 0 Å². The van der Waals surface area contributed by atoms with E-state index in [2.05, 4.69) is 5.32 Å².